The molecular weight excluding hydrogens is 234 g/mol. The van der Waals surface area contributed by atoms with Crippen LogP contribution in [0.2, 0.25) is 0 Å². The lowest BCUT2D eigenvalue weighted by Gasteiger charge is -2.02. The average molecular weight is 240 g/mol. The number of hydrogen-bond donors (Lipinski definition) is 2. The third-order valence-corrected chi connectivity index (χ3v) is 2.08. The molecule has 0 aliphatic carbocycles. The summed E-state index contributed by atoms with van der Waals surface area (Å²) in [5.74, 6) is -3.60. The van der Waals surface area contributed by atoms with Crippen LogP contribution in [0.3, 0.4) is 0 Å². The molecule has 5 nitrogen and oxygen atoms in total. The first-order valence-electron chi connectivity index (χ1n) is 4.44. The Morgan fingerprint density at radius 1 is 1.29 bits per heavy atom. The number of halogens is 2. The van der Waals surface area contributed by atoms with E-state index in [2.05, 4.69) is 9.68 Å². The summed E-state index contributed by atoms with van der Waals surface area (Å²) >= 11 is 0. The third-order valence-electron chi connectivity index (χ3n) is 2.08. The van der Waals surface area contributed by atoms with Crippen LogP contribution in [0.1, 0.15) is 10.4 Å². The molecule has 1 aromatic heterocycles. The molecule has 1 heterocycles. The Morgan fingerprint density at radius 3 is 2.53 bits per heavy atom. The maximum absolute atomic E-state index is 13.5. The first-order valence-corrected chi connectivity index (χ1v) is 4.44. The first-order chi connectivity index (χ1) is 7.99. The summed E-state index contributed by atoms with van der Waals surface area (Å²) < 4.78 is 31.5. The van der Waals surface area contributed by atoms with E-state index in [9.17, 15) is 13.6 Å². The second kappa shape index (κ2) is 3.85. The van der Waals surface area contributed by atoms with Crippen LogP contribution in [-0.2, 0) is 0 Å². The number of aromatic nitrogens is 1. The summed E-state index contributed by atoms with van der Waals surface area (Å²) in [6.45, 7) is 0. The van der Waals surface area contributed by atoms with E-state index in [0.29, 0.717) is 6.07 Å². The van der Waals surface area contributed by atoms with Gasteiger partial charge in [-0.2, -0.15) is 0 Å². The van der Waals surface area contributed by atoms with Gasteiger partial charge < -0.3 is 15.4 Å². The van der Waals surface area contributed by atoms with E-state index in [-0.39, 0.29) is 17.1 Å². The lowest BCUT2D eigenvalue weighted by molar-refractivity contribution is 0.0691. The van der Waals surface area contributed by atoms with Gasteiger partial charge in [0.2, 0.25) is 0 Å². The normalized spacial score (nSPS) is 10.5. The fraction of sp³-hybridized carbons (Fsp3) is 0. The molecule has 0 radical (unpaired) electrons. The second-order valence-electron chi connectivity index (χ2n) is 3.23. The molecule has 17 heavy (non-hydrogen) atoms. The highest BCUT2D eigenvalue weighted by molar-refractivity contribution is 5.88. The highest BCUT2D eigenvalue weighted by Crippen LogP contribution is 2.26. The summed E-state index contributed by atoms with van der Waals surface area (Å²) in [6, 6.07) is 2.50. The van der Waals surface area contributed by atoms with Gasteiger partial charge in [0.1, 0.15) is 11.6 Å². The van der Waals surface area contributed by atoms with E-state index in [0.717, 1.165) is 6.07 Å². The highest BCUT2D eigenvalue weighted by Gasteiger charge is 2.18. The van der Waals surface area contributed by atoms with Crippen LogP contribution in [0.5, 0.6) is 0 Å². The zero-order valence-electron chi connectivity index (χ0n) is 8.28. The number of benzene rings is 1. The number of anilines is 1. The van der Waals surface area contributed by atoms with Crippen molar-refractivity contribution in [2.24, 2.45) is 0 Å². The minimum absolute atomic E-state index is 0.0159. The molecule has 1 aromatic carbocycles. The maximum Gasteiger partial charge on any atom is 0.338 e. The van der Waals surface area contributed by atoms with Crippen molar-refractivity contribution >= 4 is 11.8 Å². The van der Waals surface area contributed by atoms with E-state index >= 15 is 0 Å². The smallest absolute Gasteiger partial charge is 0.338 e. The Bertz CT molecular complexity index is 595. The van der Waals surface area contributed by atoms with E-state index in [1.165, 1.54) is 6.07 Å². The molecule has 0 bridgehead atoms. The number of rotatable bonds is 2. The lowest BCUT2D eigenvalue weighted by Crippen LogP contribution is -2.02. The maximum atomic E-state index is 13.5. The molecule has 7 heteroatoms. The van der Waals surface area contributed by atoms with Crippen molar-refractivity contribution in [3.63, 3.8) is 0 Å². The molecular formula is C10H6F2N2O3. The largest absolute Gasteiger partial charge is 0.478 e. The Hall–Kier alpha value is -2.44. The molecule has 2 rings (SSSR count). The van der Waals surface area contributed by atoms with E-state index in [1.54, 1.807) is 0 Å². The van der Waals surface area contributed by atoms with Gasteiger partial charge in [-0.1, -0.05) is 5.16 Å². The first kappa shape index (κ1) is 11.1. The Kier molecular flexibility index (Phi) is 2.51. The van der Waals surface area contributed by atoms with E-state index in [4.69, 9.17) is 10.8 Å². The minimum Gasteiger partial charge on any atom is -0.478 e. The summed E-state index contributed by atoms with van der Waals surface area (Å²) in [5, 5.41) is 11.9. The number of carboxylic acid groups (broad SMARTS) is 1. The van der Waals surface area contributed by atoms with Crippen LogP contribution in [0, 0.1) is 11.6 Å². The van der Waals surface area contributed by atoms with Crippen molar-refractivity contribution in [2.45, 2.75) is 0 Å². The predicted octanol–water partition coefficient (Wildman–Crippen LogP) is 1.90. The Balaban J connectivity index is 2.57. The van der Waals surface area contributed by atoms with Crippen LogP contribution in [0.15, 0.2) is 22.7 Å². The van der Waals surface area contributed by atoms with Gasteiger partial charge >= 0.3 is 5.97 Å². The molecule has 0 amide bonds. The van der Waals surface area contributed by atoms with Gasteiger partial charge in [0.15, 0.2) is 11.6 Å². The molecule has 0 saturated carbocycles. The van der Waals surface area contributed by atoms with Crippen molar-refractivity contribution < 1.29 is 23.2 Å². The molecule has 0 atom stereocenters. The van der Waals surface area contributed by atoms with Crippen molar-refractivity contribution in [2.75, 3.05) is 5.73 Å². The zero-order chi connectivity index (χ0) is 12.6. The number of nitrogen functional groups attached to an aromatic ring is 1. The summed E-state index contributed by atoms with van der Waals surface area (Å²) in [6.07, 6.45) is 0. The molecule has 0 saturated heterocycles. The molecule has 88 valence electrons. The standard InChI is InChI=1S/C10H6F2N2O3/c11-6-2-5(10(15)16)7(12)1-4(6)8-3-9(13)14-17-8/h1-3H,(H2,13,14)(H,15,16). The number of nitrogens with two attached hydrogens (primary N) is 1. The number of aromatic carboxylic acids is 1. The van der Waals surface area contributed by atoms with Crippen molar-refractivity contribution in [3.05, 3.63) is 35.4 Å². The third kappa shape index (κ3) is 1.94. The van der Waals surface area contributed by atoms with Gasteiger partial charge in [-0.05, 0) is 12.1 Å². The lowest BCUT2D eigenvalue weighted by atomic mass is 10.1. The van der Waals surface area contributed by atoms with Gasteiger partial charge in [-0.15, -0.1) is 0 Å². The molecule has 0 spiro atoms. The number of carbonyl (C=O) groups is 1. The quantitative estimate of drug-likeness (QED) is 0.836. The van der Waals surface area contributed by atoms with E-state index in [1.807, 2.05) is 0 Å². The predicted molar refractivity (Wildman–Crippen MR) is 53.2 cm³/mol. The van der Waals surface area contributed by atoms with Crippen LogP contribution >= 0.6 is 0 Å². The van der Waals surface area contributed by atoms with Crippen LogP contribution in [0.25, 0.3) is 11.3 Å². The van der Waals surface area contributed by atoms with Gasteiger partial charge in [0.05, 0.1) is 11.1 Å². The van der Waals surface area contributed by atoms with Gasteiger partial charge in [-0.3, -0.25) is 0 Å². The van der Waals surface area contributed by atoms with Crippen LogP contribution in [-0.4, -0.2) is 16.2 Å². The van der Waals surface area contributed by atoms with Gasteiger partial charge in [0, 0.05) is 6.07 Å². The molecule has 0 aliphatic heterocycles. The Morgan fingerprint density at radius 2 is 2.00 bits per heavy atom. The van der Waals surface area contributed by atoms with E-state index < -0.39 is 23.2 Å². The highest BCUT2D eigenvalue weighted by atomic mass is 19.1. The summed E-state index contributed by atoms with van der Waals surface area (Å²) in [7, 11) is 0. The molecule has 2 aromatic rings. The van der Waals surface area contributed by atoms with Crippen molar-refractivity contribution in [3.8, 4) is 11.3 Å². The molecule has 0 unspecified atom stereocenters. The summed E-state index contributed by atoms with van der Waals surface area (Å²) in [5.41, 5.74) is 4.28. The monoisotopic (exact) mass is 240 g/mol. The van der Waals surface area contributed by atoms with Gasteiger partial charge in [-0.25, -0.2) is 13.6 Å². The number of hydrogen-bond acceptors (Lipinski definition) is 4. The average Bonchev–Trinajstić information content (AvgIpc) is 2.67. The van der Waals surface area contributed by atoms with Crippen molar-refractivity contribution in [1.82, 2.24) is 5.16 Å². The van der Waals surface area contributed by atoms with Gasteiger partial charge in [0.25, 0.3) is 0 Å². The Labute approximate surface area is 93.4 Å². The zero-order valence-corrected chi connectivity index (χ0v) is 8.28. The summed E-state index contributed by atoms with van der Waals surface area (Å²) in [4.78, 5) is 10.6. The second-order valence-corrected chi connectivity index (χ2v) is 3.23. The minimum atomic E-state index is -1.55. The number of carboxylic acids is 1. The number of nitrogens with zero attached hydrogens (tertiary/aromatic N) is 1. The van der Waals surface area contributed by atoms with Crippen molar-refractivity contribution in [1.29, 1.82) is 0 Å². The van der Waals surface area contributed by atoms with Crippen LogP contribution in [0.4, 0.5) is 14.6 Å². The molecule has 3 N–H and O–H groups in total. The molecule has 0 fully saturated rings. The fourth-order valence-electron chi connectivity index (χ4n) is 1.32. The SMILES string of the molecule is Nc1cc(-c2cc(F)c(C(=O)O)cc2F)on1. The van der Waals surface area contributed by atoms with Crippen LogP contribution < -0.4 is 5.73 Å². The molecule has 0 aliphatic rings. The fourth-order valence-corrected chi connectivity index (χ4v) is 1.32. The topological polar surface area (TPSA) is 89.4 Å².